The molecule has 2 rings (SSSR count). The zero-order valence-electron chi connectivity index (χ0n) is 11.1. The fourth-order valence-electron chi connectivity index (χ4n) is 1.88. The van der Waals surface area contributed by atoms with Crippen LogP contribution in [0.3, 0.4) is 0 Å². The molecule has 2 aromatic rings. The number of aromatic carboxylic acids is 1. The lowest BCUT2D eigenvalue weighted by Crippen LogP contribution is -2.12. The molecule has 0 saturated heterocycles. The largest absolute Gasteiger partial charge is 0.478 e. The van der Waals surface area contributed by atoms with Gasteiger partial charge in [0.1, 0.15) is 17.2 Å². The number of aryl methyl sites for hydroxylation is 1. The highest BCUT2D eigenvalue weighted by atomic mass is 19.1. The highest BCUT2D eigenvalue weighted by Crippen LogP contribution is 2.14. The molecule has 0 aliphatic carbocycles. The fourth-order valence-corrected chi connectivity index (χ4v) is 1.88. The van der Waals surface area contributed by atoms with Crippen LogP contribution in [0.1, 0.15) is 21.6 Å². The minimum Gasteiger partial charge on any atom is -0.478 e. The molecule has 0 saturated carbocycles. The number of carboxylic acid groups (broad SMARTS) is 1. The average molecular weight is 274 g/mol. The first-order valence-electron chi connectivity index (χ1n) is 6.26. The molecule has 1 heterocycles. The van der Waals surface area contributed by atoms with E-state index in [1.807, 2.05) is 0 Å². The number of rotatable bonds is 5. The van der Waals surface area contributed by atoms with E-state index >= 15 is 0 Å². The van der Waals surface area contributed by atoms with Gasteiger partial charge in [0.25, 0.3) is 0 Å². The summed E-state index contributed by atoms with van der Waals surface area (Å²) < 4.78 is 13.4. The van der Waals surface area contributed by atoms with Crippen molar-refractivity contribution in [3.05, 3.63) is 59.0 Å². The number of halogens is 1. The van der Waals surface area contributed by atoms with Crippen LogP contribution in [0.5, 0.6) is 0 Å². The Morgan fingerprint density at radius 1 is 1.30 bits per heavy atom. The molecule has 5 heteroatoms. The smallest absolute Gasteiger partial charge is 0.339 e. The van der Waals surface area contributed by atoms with Crippen LogP contribution < -0.4 is 5.32 Å². The second-order valence-corrected chi connectivity index (χ2v) is 4.42. The Hall–Kier alpha value is -2.43. The molecule has 4 nitrogen and oxygen atoms in total. The van der Waals surface area contributed by atoms with Crippen LogP contribution in [0.15, 0.2) is 36.4 Å². The van der Waals surface area contributed by atoms with Crippen LogP contribution in [0.25, 0.3) is 0 Å². The molecule has 0 radical (unpaired) electrons. The Bertz CT molecular complexity index is 629. The lowest BCUT2D eigenvalue weighted by atomic mass is 10.1. The van der Waals surface area contributed by atoms with Crippen molar-refractivity contribution in [2.75, 3.05) is 11.9 Å². The fraction of sp³-hybridized carbons (Fsp3) is 0.200. The molecule has 0 atom stereocenters. The first-order chi connectivity index (χ1) is 9.58. The normalized spacial score (nSPS) is 10.3. The van der Waals surface area contributed by atoms with Crippen molar-refractivity contribution in [2.24, 2.45) is 0 Å². The van der Waals surface area contributed by atoms with Gasteiger partial charge >= 0.3 is 5.97 Å². The van der Waals surface area contributed by atoms with E-state index in [-0.39, 0.29) is 11.4 Å². The van der Waals surface area contributed by atoms with Crippen molar-refractivity contribution in [3.63, 3.8) is 0 Å². The van der Waals surface area contributed by atoms with Crippen molar-refractivity contribution in [2.45, 2.75) is 13.3 Å². The summed E-state index contributed by atoms with van der Waals surface area (Å²) in [6.45, 7) is 2.20. The number of carboxylic acids is 1. The summed E-state index contributed by atoms with van der Waals surface area (Å²) in [5, 5.41) is 12.0. The molecule has 1 aromatic carbocycles. The minimum absolute atomic E-state index is 0.115. The number of benzene rings is 1. The second-order valence-electron chi connectivity index (χ2n) is 4.42. The summed E-state index contributed by atoms with van der Waals surface area (Å²) in [5.74, 6) is -0.982. The average Bonchev–Trinajstić information content (AvgIpc) is 2.41. The van der Waals surface area contributed by atoms with Gasteiger partial charge in [-0.2, -0.15) is 0 Å². The van der Waals surface area contributed by atoms with Gasteiger partial charge < -0.3 is 10.4 Å². The molecule has 0 unspecified atom stereocenters. The van der Waals surface area contributed by atoms with E-state index in [9.17, 15) is 9.18 Å². The molecule has 0 bridgehead atoms. The molecule has 1 aromatic heterocycles. The number of anilines is 1. The van der Waals surface area contributed by atoms with Gasteiger partial charge in [-0.15, -0.1) is 0 Å². The zero-order valence-corrected chi connectivity index (χ0v) is 11.1. The third-order valence-electron chi connectivity index (χ3n) is 2.91. The predicted octanol–water partition coefficient (Wildman–Crippen LogP) is 2.88. The topological polar surface area (TPSA) is 62.2 Å². The van der Waals surface area contributed by atoms with E-state index in [1.54, 1.807) is 31.2 Å². The monoisotopic (exact) mass is 274 g/mol. The SMILES string of the molecule is Cc1ccc(C(=O)O)c(NCCc2ccccc2F)n1. The molecular weight excluding hydrogens is 259 g/mol. The van der Waals surface area contributed by atoms with Crippen molar-refractivity contribution >= 4 is 11.8 Å². The Balaban J connectivity index is 2.06. The van der Waals surface area contributed by atoms with Crippen molar-refractivity contribution < 1.29 is 14.3 Å². The summed E-state index contributed by atoms with van der Waals surface area (Å²) in [5.41, 5.74) is 1.43. The second kappa shape index (κ2) is 6.14. The predicted molar refractivity (Wildman–Crippen MR) is 74.5 cm³/mol. The summed E-state index contributed by atoms with van der Waals surface area (Å²) in [4.78, 5) is 15.2. The van der Waals surface area contributed by atoms with E-state index < -0.39 is 5.97 Å². The molecule has 0 fully saturated rings. The Kier molecular flexibility index (Phi) is 4.30. The van der Waals surface area contributed by atoms with E-state index in [1.165, 1.54) is 12.1 Å². The maximum Gasteiger partial charge on any atom is 0.339 e. The van der Waals surface area contributed by atoms with E-state index in [4.69, 9.17) is 5.11 Å². The third kappa shape index (κ3) is 3.32. The Morgan fingerprint density at radius 2 is 2.05 bits per heavy atom. The first-order valence-corrected chi connectivity index (χ1v) is 6.26. The number of hydrogen-bond acceptors (Lipinski definition) is 3. The van der Waals surface area contributed by atoms with Gasteiger partial charge in [0, 0.05) is 12.2 Å². The van der Waals surface area contributed by atoms with E-state index in [2.05, 4.69) is 10.3 Å². The maximum absolute atomic E-state index is 13.4. The Labute approximate surface area is 116 Å². The summed E-state index contributed by atoms with van der Waals surface area (Å²) >= 11 is 0. The lowest BCUT2D eigenvalue weighted by Gasteiger charge is -2.09. The molecular formula is C15H15FN2O2. The third-order valence-corrected chi connectivity index (χ3v) is 2.91. The van der Waals surface area contributed by atoms with Gasteiger partial charge in [-0.1, -0.05) is 18.2 Å². The molecule has 20 heavy (non-hydrogen) atoms. The number of carbonyl (C=O) groups is 1. The van der Waals surface area contributed by atoms with Gasteiger partial charge in [-0.05, 0) is 37.1 Å². The number of pyridine rings is 1. The summed E-state index contributed by atoms with van der Waals surface area (Å²) in [6, 6.07) is 9.67. The molecule has 104 valence electrons. The van der Waals surface area contributed by atoms with Crippen LogP contribution in [-0.4, -0.2) is 22.6 Å². The highest BCUT2D eigenvalue weighted by molar-refractivity contribution is 5.93. The summed E-state index contributed by atoms with van der Waals surface area (Å²) in [7, 11) is 0. The van der Waals surface area contributed by atoms with Crippen molar-refractivity contribution in [1.29, 1.82) is 0 Å². The first kappa shape index (κ1) is 14.0. The van der Waals surface area contributed by atoms with Crippen LogP contribution in [-0.2, 0) is 6.42 Å². The molecule has 0 spiro atoms. The number of nitrogens with one attached hydrogen (secondary N) is 1. The van der Waals surface area contributed by atoms with Gasteiger partial charge in [0.05, 0.1) is 0 Å². The molecule has 0 amide bonds. The van der Waals surface area contributed by atoms with E-state index in [0.717, 1.165) is 5.69 Å². The number of aromatic nitrogens is 1. The van der Waals surface area contributed by atoms with E-state index in [0.29, 0.717) is 24.3 Å². The molecule has 0 aliphatic heterocycles. The number of hydrogen-bond donors (Lipinski definition) is 2. The quantitative estimate of drug-likeness (QED) is 0.880. The lowest BCUT2D eigenvalue weighted by molar-refractivity contribution is 0.0697. The van der Waals surface area contributed by atoms with Crippen molar-refractivity contribution in [1.82, 2.24) is 4.98 Å². The van der Waals surface area contributed by atoms with Crippen LogP contribution in [0, 0.1) is 12.7 Å². The molecule has 2 N–H and O–H groups in total. The number of nitrogens with zero attached hydrogens (tertiary/aromatic N) is 1. The van der Waals surface area contributed by atoms with Gasteiger partial charge in [-0.25, -0.2) is 14.2 Å². The Morgan fingerprint density at radius 3 is 2.75 bits per heavy atom. The molecule has 0 aliphatic rings. The standard InChI is InChI=1S/C15H15FN2O2/c1-10-6-7-12(15(19)20)14(18-10)17-9-8-11-4-2-3-5-13(11)16/h2-7H,8-9H2,1H3,(H,17,18)(H,19,20). The summed E-state index contributed by atoms with van der Waals surface area (Å²) in [6.07, 6.45) is 0.460. The van der Waals surface area contributed by atoms with Gasteiger partial charge in [0.2, 0.25) is 0 Å². The van der Waals surface area contributed by atoms with Gasteiger partial charge in [-0.3, -0.25) is 0 Å². The minimum atomic E-state index is -1.04. The zero-order chi connectivity index (χ0) is 14.5. The van der Waals surface area contributed by atoms with Crippen molar-refractivity contribution in [3.8, 4) is 0 Å². The maximum atomic E-state index is 13.4. The van der Waals surface area contributed by atoms with Crippen LogP contribution in [0.2, 0.25) is 0 Å². The van der Waals surface area contributed by atoms with Crippen LogP contribution in [0.4, 0.5) is 10.2 Å². The van der Waals surface area contributed by atoms with Crippen LogP contribution >= 0.6 is 0 Å². The van der Waals surface area contributed by atoms with Gasteiger partial charge in [0.15, 0.2) is 0 Å². The highest BCUT2D eigenvalue weighted by Gasteiger charge is 2.11.